The van der Waals surface area contributed by atoms with Gasteiger partial charge in [-0.25, -0.2) is 0 Å². The minimum Gasteiger partial charge on any atom is -0.390 e. The van der Waals surface area contributed by atoms with Gasteiger partial charge in [-0.2, -0.15) is 0 Å². The Morgan fingerprint density at radius 2 is 2.00 bits per heavy atom. The lowest BCUT2D eigenvalue weighted by atomic mass is 9.92. The first kappa shape index (κ1) is 12.1. The fourth-order valence-corrected chi connectivity index (χ4v) is 4.00. The Bertz CT molecular complexity index is 601. The number of anilines is 1. The van der Waals surface area contributed by atoms with Gasteiger partial charge in [0.1, 0.15) is 0 Å². The number of benzene rings is 1. The van der Waals surface area contributed by atoms with E-state index in [0.29, 0.717) is 0 Å². The molecule has 0 radical (unpaired) electrons. The zero-order valence-electron chi connectivity index (χ0n) is 10.4. The molecule has 0 saturated carbocycles. The van der Waals surface area contributed by atoms with E-state index in [4.69, 9.17) is 17.3 Å². The van der Waals surface area contributed by atoms with Gasteiger partial charge in [0.2, 0.25) is 0 Å². The number of aryl methyl sites for hydroxylation is 2. The van der Waals surface area contributed by atoms with Gasteiger partial charge >= 0.3 is 0 Å². The Morgan fingerprint density at radius 3 is 2.78 bits per heavy atom. The molecule has 3 rings (SSSR count). The Labute approximate surface area is 117 Å². The summed E-state index contributed by atoms with van der Waals surface area (Å²) in [6.45, 7) is 2.04. The third-order valence-electron chi connectivity index (χ3n) is 3.65. The van der Waals surface area contributed by atoms with E-state index in [1.54, 1.807) is 11.3 Å². The van der Waals surface area contributed by atoms with E-state index in [0.717, 1.165) is 15.6 Å². The molecule has 0 aliphatic heterocycles. The molecule has 94 valence electrons. The molecule has 18 heavy (non-hydrogen) atoms. The predicted molar refractivity (Wildman–Crippen MR) is 80.6 cm³/mol. The molecule has 0 bridgehead atoms. The molecular formula is C15H16ClNS. The summed E-state index contributed by atoms with van der Waals surface area (Å²) in [5.41, 5.74) is 11.3. The fraction of sp³-hybridized carbons (Fsp3) is 0.333. The topological polar surface area (TPSA) is 26.0 Å². The van der Waals surface area contributed by atoms with Crippen LogP contribution in [0.1, 0.15) is 28.8 Å². The van der Waals surface area contributed by atoms with E-state index in [9.17, 15) is 0 Å². The van der Waals surface area contributed by atoms with E-state index in [2.05, 4.69) is 12.1 Å². The third kappa shape index (κ3) is 1.94. The summed E-state index contributed by atoms with van der Waals surface area (Å²) < 4.78 is 0. The maximum Gasteiger partial charge on any atom is 0.0941 e. The second kappa shape index (κ2) is 4.60. The van der Waals surface area contributed by atoms with Crippen LogP contribution >= 0.6 is 22.9 Å². The quantitative estimate of drug-likeness (QED) is 0.793. The molecule has 3 heteroatoms. The number of hydrogen-bond acceptors (Lipinski definition) is 2. The van der Waals surface area contributed by atoms with Crippen LogP contribution in [0.15, 0.2) is 18.2 Å². The maximum absolute atomic E-state index is 6.23. The fourth-order valence-electron chi connectivity index (χ4n) is 2.70. The molecule has 1 aliphatic rings. The van der Waals surface area contributed by atoms with Crippen molar-refractivity contribution in [2.24, 2.45) is 0 Å². The first-order valence-corrected chi connectivity index (χ1v) is 7.53. The van der Waals surface area contributed by atoms with Gasteiger partial charge in [-0.15, -0.1) is 11.3 Å². The van der Waals surface area contributed by atoms with Crippen molar-refractivity contribution in [3.05, 3.63) is 39.2 Å². The zero-order valence-corrected chi connectivity index (χ0v) is 12.0. The van der Waals surface area contributed by atoms with E-state index >= 15 is 0 Å². The van der Waals surface area contributed by atoms with Crippen LogP contribution in [-0.4, -0.2) is 0 Å². The monoisotopic (exact) mass is 277 g/mol. The molecule has 0 amide bonds. The maximum atomic E-state index is 6.23. The highest BCUT2D eigenvalue weighted by molar-refractivity contribution is 7.16. The van der Waals surface area contributed by atoms with Gasteiger partial charge in [0.05, 0.1) is 5.00 Å². The standard InChI is InChI=1S/C15H16ClNS/c1-9-8-10(6-7-12(9)16)14-11-4-2-3-5-13(11)18-15(14)17/h6-8H,2-5,17H2,1H3. The van der Waals surface area contributed by atoms with Crippen molar-refractivity contribution >= 4 is 27.9 Å². The van der Waals surface area contributed by atoms with Crippen molar-refractivity contribution in [1.82, 2.24) is 0 Å². The van der Waals surface area contributed by atoms with Crippen molar-refractivity contribution in [2.45, 2.75) is 32.6 Å². The van der Waals surface area contributed by atoms with Crippen molar-refractivity contribution in [1.29, 1.82) is 0 Å². The second-order valence-electron chi connectivity index (χ2n) is 4.91. The highest BCUT2D eigenvalue weighted by Crippen LogP contribution is 2.43. The molecule has 1 aromatic heterocycles. The van der Waals surface area contributed by atoms with E-state index < -0.39 is 0 Å². The average molecular weight is 278 g/mol. The summed E-state index contributed by atoms with van der Waals surface area (Å²) in [7, 11) is 0. The lowest BCUT2D eigenvalue weighted by Crippen LogP contribution is -1.99. The van der Waals surface area contributed by atoms with Crippen molar-refractivity contribution in [2.75, 3.05) is 5.73 Å². The number of rotatable bonds is 1. The van der Waals surface area contributed by atoms with Crippen LogP contribution in [0.25, 0.3) is 11.1 Å². The first-order chi connectivity index (χ1) is 8.66. The molecule has 0 atom stereocenters. The highest BCUT2D eigenvalue weighted by Gasteiger charge is 2.20. The van der Waals surface area contributed by atoms with Gasteiger partial charge in [0, 0.05) is 15.5 Å². The van der Waals surface area contributed by atoms with Crippen LogP contribution in [0.4, 0.5) is 5.00 Å². The molecule has 2 aromatic rings. The van der Waals surface area contributed by atoms with Crippen LogP contribution in [0.3, 0.4) is 0 Å². The van der Waals surface area contributed by atoms with Crippen LogP contribution in [-0.2, 0) is 12.8 Å². The first-order valence-electron chi connectivity index (χ1n) is 6.33. The summed E-state index contributed by atoms with van der Waals surface area (Å²) >= 11 is 7.86. The van der Waals surface area contributed by atoms with Crippen LogP contribution < -0.4 is 5.73 Å². The molecule has 0 unspecified atom stereocenters. The van der Waals surface area contributed by atoms with Crippen LogP contribution in [0.5, 0.6) is 0 Å². The summed E-state index contributed by atoms with van der Waals surface area (Å²) in [4.78, 5) is 1.49. The normalized spacial score (nSPS) is 14.6. The van der Waals surface area contributed by atoms with Crippen molar-refractivity contribution < 1.29 is 0 Å². The highest BCUT2D eigenvalue weighted by atomic mass is 35.5. The summed E-state index contributed by atoms with van der Waals surface area (Å²) in [5.74, 6) is 0. The van der Waals surface area contributed by atoms with E-state index in [-0.39, 0.29) is 0 Å². The molecule has 2 N–H and O–H groups in total. The molecule has 1 aromatic carbocycles. The lowest BCUT2D eigenvalue weighted by Gasteiger charge is -2.13. The number of hydrogen-bond donors (Lipinski definition) is 1. The number of nitrogens with two attached hydrogens (primary N) is 1. The predicted octanol–water partition coefficient (Wildman–Crippen LogP) is 4.84. The van der Waals surface area contributed by atoms with Gasteiger partial charge < -0.3 is 5.73 Å². The second-order valence-corrected chi connectivity index (χ2v) is 6.46. The van der Waals surface area contributed by atoms with Crippen LogP contribution in [0.2, 0.25) is 5.02 Å². The number of thiophene rings is 1. The molecule has 0 spiro atoms. The Hall–Kier alpha value is -0.990. The van der Waals surface area contributed by atoms with E-state index in [1.807, 2.05) is 13.0 Å². The molecule has 0 saturated heterocycles. The lowest BCUT2D eigenvalue weighted by molar-refractivity contribution is 0.698. The minimum absolute atomic E-state index is 0.821. The molecule has 1 aliphatic carbocycles. The largest absolute Gasteiger partial charge is 0.390 e. The van der Waals surface area contributed by atoms with Crippen molar-refractivity contribution in [3.63, 3.8) is 0 Å². The van der Waals surface area contributed by atoms with Gasteiger partial charge in [-0.05, 0) is 61.4 Å². The van der Waals surface area contributed by atoms with Gasteiger partial charge in [0.25, 0.3) is 0 Å². The smallest absolute Gasteiger partial charge is 0.0941 e. The van der Waals surface area contributed by atoms with Gasteiger partial charge in [-0.1, -0.05) is 17.7 Å². The third-order valence-corrected chi connectivity index (χ3v) is 5.19. The molecular weight excluding hydrogens is 262 g/mol. The Balaban J connectivity index is 2.16. The molecule has 0 fully saturated rings. The molecule has 1 heterocycles. The summed E-state index contributed by atoms with van der Waals surface area (Å²) in [5, 5.41) is 1.78. The van der Waals surface area contributed by atoms with Gasteiger partial charge in [-0.3, -0.25) is 0 Å². The summed E-state index contributed by atoms with van der Waals surface area (Å²) in [6, 6.07) is 6.21. The van der Waals surface area contributed by atoms with E-state index in [1.165, 1.54) is 47.3 Å². The minimum atomic E-state index is 0.821. The number of nitrogen functional groups attached to an aromatic ring is 1. The zero-order chi connectivity index (χ0) is 12.7. The van der Waals surface area contributed by atoms with Crippen LogP contribution in [0, 0.1) is 6.92 Å². The average Bonchev–Trinajstić information content (AvgIpc) is 2.69. The van der Waals surface area contributed by atoms with Crippen molar-refractivity contribution in [3.8, 4) is 11.1 Å². The van der Waals surface area contributed by atoms with Gasteiger partial charge in [0.15, 0.2) is 0 Å². The summed E-state index contributed by atoms with van der Waals surface area (Å²) in [6.07, 6.45) is 4.94. The molecule has 1 nitrogen and oxygen atoms in total. The number of fused-ring (bicyclic) bond motifs is 1. The SMILES string of the molecule is Cc1cc(-c2c(N)sc3c2CCCC3)ccc1Cl. The Morgan fingerprint density at radius 1 is 1.22 bits per heavy atom. The Kier molecular flexibility index (Phi) is 3.08. The number of halogens is 1.